The highest BCUT2D eigenvalue weighted by Crippen LogP contribution is 3.00. The van der Waals surface area contributed by atoms with E-state index in [2.05, 4.69) is 4.74 Å². The molecule has 38 heavy (non-hydrogen) atoms. The molecule has 0 saturated carbocycles. The molecule has 0 aromatic heterocycles. The Bertz CT molecular complexity index is 1100. The van der Waals surface area contributed by atoms with Crippen LogP contribution in [0.2, 0.25) is 0 Å². The van der Waals surface area contributed by atoms with E-state index in [1.807, 2.05) is 6.92 Å². The van der Waals surface area contributed by atoms with Gasteiger partial charge in [-0.15, -0.1) is 0 Å². The molecule has 7 N–H and O–H groups in total. The maximum atomic E-state index is 13.6. The van der Waals surface area contributed by atoms with Crippen molar-refractivity contribution >= 4 is 59.5 Å². The second-order valence-electron chi connectivity index (χ2n) is 8.36. The molecule has 0 aromatic carbocycles. The fourth-order valence-electron chi connectivity index (χ4n) is 4.64. The Balaban J connectivity index is 4.36. The SMILES string of the molecule is CCCCCCCC(=O)OC(=O)S1(C(=O)O)(C(=O)O)(C(=O)O)CC(C(=O)O)N(C(=O)O)C1(C(=O)O)C(=O)O. The van der Waals surface area contributed by atoms with E-state index in [4.69, 9.17) is 0 Å². The third kappa shape index (κ3) is 3.04. The lowest BCUT2D eigenvalue weighted by molar-refractivity contribution is -0.161. The number of carboxylic acids is 3. The van der Waals surface area contributed by atoms with Crippen LogP contribution in [0.3, 0.4) is 0 Å². The molecule has 18 nitrogen and oxygen atoms in total. The van der Waals surface area contributed by atoms with E-state index in [-0.39, 0.29) is 6.42 Å². The first-order valence-corrected chi connectivity index (χ1v) is 13.2. The molecule has 1 heterocycles. The van der Waals surface area contributed by atoms with Crippen LogP contribution in [0, 0.1) is 0 Å². The lowest BCUT2D eigenvalue weighted by atomic mass is 10.1. The number of hydrogen-bond acceptors (Lipinski definition) is 10. The maximum Gasteiger partial charge on any atom is 0.410 e. The van der Waals surface area contributed by atoms with Crippen LogP contribution in [0.5, 0.6) is 0 Å². The van der Waals surface area contributed by atoms with Crippen molar-refractivity contribution in [2.75, 3.05) is 5.75 Å². The molecule has 1 saturated heterocycles. The number of nitrogens with zero attached hydrogens (tertiary/aromatic N) is 1. The first kappa shape index (κ1) is 31.6. The van der Waals surface area contributed by atoms with Crippen molar-refractivity contribution in [1.29, 1.82) is 0 Å². The highest BCUT2D eigenvalue weighted by molar-refractivity contribution is 8.99. The van der Waals surface area contributed by atoms with Gasteiger partial charge in [-0.25, -0.2) is 38.4 Å². The van der Waals surface area contributed by atoms with E-state index >= 15 is 0 Å². The van der Waals surface area contributed by atoms with Crippen molar-refractivity contribution in [3.05, 3.63) is 0 Å². The Morgan fingerprint density at radius 3 is 1.55 bits per heavy atom. The van der Waals surface area contributed by atoms with Crippen molar-refractivity contribution in [1.82, 2.24) is 4.90 Å². The zero-order valence-corrected chi connectivity index (χ0v) is 20.4. The van der Waals surface area contributed by atoms with Crippen molar-refractivity contribution in [3.63, 3.8) is 0 Å². The molecule has 1 atom stereocenters. The number of hydrogen-bond donors (Lipinski definition) is 7. The summed E-state index contributed by atoms with van der Waals surface area (Å²) in [6.45, 7) is 1.85. The Labute approximate surface area is 210 Å². The maximum absolute atomic E-state index is 13.6. The fourth-order valence-corrected chi connectivity index (χ4v) is 10.4. The summed E-state index contributed by atoms with van der Waals surface area (Å²) in [6.07, 6.45) is -1.40. The quantitative estimate of drug-likeness (QED) is 0.118. The third-order valence-corrected chi connectivity index (χ3v) is 13.8. The Kier molecular flexibility index (Phi) is 8.15. The number of unbranched alkanes of at least 4 members (excludes halogenated alkanes) is 4. The van der Waals surface area contributed by atoms with Gasteiger partial charge in [-0.3, -0.25) is 9.69 Å². The number of carbonyl (C=O) groups excluding carboxylic acids is 2. The molecular formula is C19H25NO17S. The van der Waals surface area contributed by atoms with Crippen LogP contribution in [-0.4, -0.2) is 108 Å². The van der Waals surface area contributed by atoms with E-state index in [0.29, 0.717) is 19.3 Å². The van der Waals surface area contributed by atoms with Crippen LogP contribution < -0.4 is 0 Å². The van der Waals surface area contributed by atoms with E-state index in [1.165, 1.54) is 0 Å². The molecule has 19 heteroatoms. The highest BCUT2D eigenvalue weighted by atomic mass is 32.4. The lowest BCUT2D eigenvalue weighted by Gasteiger charge is -2.64. The summed E-state index contributed by atoms with van der Waals surface area (Å²) in [4.78, 5) is 107. The van der Waals surface area contributed by atoms with Crippen molar-refractivity contribution < 1.29 is 83.6 Å². The summed E-state index contributed by atoms with van der Waals surface area (Å²) in [7, 11) is -9.24. The molecule has 1 unspecified atom stereocenters. The topological polar surface area (TPSA) is 308 Å². The van der Waals surface area contributed by atoms with Gasteiger partial charge in [0.05, 0.1) is 8.29 Å². The molecule has 0 radical (unpaired) electrons. The van der Waals surface area contributed by atoms with E-state index in [0.717, 1.165) is 6.42 Å². The second kappa shape index (κ2) is 9.80. The van der Waals surface area contributed by atoms with Gasteiger partial charge in [0, 0.05) is 12.2 Å². The molecule has 1 aliphatic rings. The van der Waals surface area contributed by atoms with Crippen molar-refractivity contribution in [2.45, 2.75) is 56.4 Å². The standard InChI is InChI=1S/C19H25NO17S/c1-2-3-4-5-6-7-10(21)37-18(36)38(15(30)31,16(32)33,17(34)35)8-9(11(22)23)20(14(28)29)19(38,12(24)25)13(26)27/h9H,2-8H2,1H3,(H,22,23)(H,24,25)(H,26,27)(H,28,29)(H,30,31)(H,32,33)(H,34,35). The lowest BCUT2D eigenvalue weighted by Crippen LogP contribution is -2.78. The monoisotopic (exact) mass is 571 g/mol. The molecule has 0 aliphatic carbocycles. The fraction of sp³-hybridized carbons (Fsp3) is 0.526. The van der Waals surface area contributed by atoms with Crippen LogP contribution in [0.4, 0.5) is 24.0 Å². The zero-order chi connectivity index (χ0) is 29.9. The van der Waals surface area contributed by atoms with Gasteiger partial charge in [-0.05, 0) is 6.42 Å². The van der Waals surface area contributed by atoms with E-state index in [1.54, 1.807) is 0 Å². The largest absolute Gasteiger partial charge is 0.480 e. The van der Waals surface area contributed by atoms with Crippen LogP contribution in [0.25, 0.3) is 0 Å². The molecule has 0 bridgehead atoms. The predicted molar refractivity (Wildman–Crippen MR) is 121 cm³/mol. The Hall–Kier alpha value is -4.42. The molecule has 1 aliphatic heterocycles. The summed E-state index contributed by atoms with van der Waals surface area (Å²) in [5.74, 6) is -13.8. The number of ether oxygens (including phenoxy) is 1. The van der Waals surface area contributed by atoms with Gasteiger partial charge < -0.3 is 40.5 Å². The van der Waals surface area contributed by atoms with Gasteiger partial charge in [0.2, 0.25) is 0 Å². The number of rotatable bonds is 9. The zero-order valence-electron chi connectivity index (χ0n) is 19.6. The first-order valence-electron chi connectivity index (χ1n) is 10.6. The summed E-state index contributed by atoms with van der Waals surface area (Å²) < 4.78 is 4.24. The number of aliphatic carboxylic acids is 3. The van der Waals surface area contributed by atoms with Gasteiger partial charge >= 0.3 is 51.2 Å². The summed E-state index contributed by atoms with van der Waals surface area (Å²) in [5.41, 5.74) is 0. The summed E-state index contributed by atoms with van der Waals surface area (Å²) in [5, 5.41) is 55.9. The molecular weight excluding hydrogens is 546 g/mol. The minimum atomic E-state index is -9.24. The third-order valence-electron chi connectivity index (χ3n) is 6.65. The summed E-state index contributed by atoms with van der Waals surface area (Å²) >= 11 is 0. The highest BCUT2D eigenvalue weighted by Gasteiger charge is 3.06. The van der Waals surface area contributed by atoms with E-state index < -0.39 is 87.5 Å². The van der Waals surface area contributed by atoms with Gasteiger partial charge in [0.1, 0.15) is 6.04 Å². The number of carboxylic acid groups (broad SMARTS) is 7. The van der Waals surface area contributed by atoms with Crippen molar-refractivity contribution in [2.24, 2.45) is 0 Å². The molecule has 0 aromatic rings. The minimum absolute atomic E-state index is 0.0712. The van der Waals surface area contributed by atoms with Crippen LogP contribution in [-0.2, 0) is 23.9 Å². The molecule has 1 amide bonds. The molecule has 0 spiro atoms. The Morgan fingerprint density at radius 1 is 0.763 bits per heavy atom. The van der Waals surface area contributed by atoms with Crippen LogP contribution in [0.1, 0.15) is 45.4 Å². The number of amides is 1. The average molecular weight is 571 g/mol. The Morgan fingerprint density at radius 2 is 1.21 bits per heavy atom. The van der Waals surface area contributed by atoms with Gasteiger partial charge in [-0.1, -0.05) is 32.6 Å². The van der Waals surface area contributed by atoms with Gasteiger partial charge in [0.25, 0.3) is 4.87 Å². The van der Waals surface area contributed by atoms with Crippen molar-refractivity contribution in [3.8, 4) is 0 Å². The number of esters is 1. The van der Waals surface area contributed by atoms with E-state index in [9.17, 15) is 78.9 Å². The van der Waals surface area contributed by atoms with Crippen LogP contribution in [0.15, 0.2) is 0 Å². The molecule has 214 valence electrons. The van der Waals surface area contributed by atoms with Gasteiger partial charge in [0.15, 0.2) is 0 Å². The predicted octanol–water partition coefficient (Wildman–Crippen LogP) is 2.23. The molecule has 1 fully saturated rings. The smallest absolute Gasteiger partial charge is 0.410 e. The number of carbonyl (C=O) groups is 9. The normalized spacial score (nSPS) is 21.8. The first-order chi connectivity index (χ1) is 17.4. The second-order valence-corrected chi connectivity index (χ2v) is 14.1. The minimum Gasteiger partial charge on any atom is -0.480 e. The van der Waals surface area contributed by atoms with Crippen LogP contribution >= 0.6 is 8.29 Å². The average Bonchev–Trinajstić information content (AvgIpc) is 3.09. The molecule has 1 rings (SSSR count). The summed E-state index contributed by atoms with van der Waals surface area (Å²) in [6, 6.07) is -3.35. The van der Waals surface area contributed by atoms with Gasteiger partial charge in [-0.2, -0.15) is 0 Å².